The van der Waals surface area contributed by atoms with Gasteiger partial charge in [-0.25, -0.2) is 4.98 Å². The van der Waals surface area contributed by atoms with Crippen molar-refractivity contribution < 1.29 is 14.6 Å². The molecule has 4 N–H and O–H groups in total. The molecule has 2 aliphatic rings. The predicted molar refractivity (Wildman–Crippen MR) is 108 cm³/mol. The third-order valence-corrected chi connectivity index (χ3v) is 5.70. The molecule has 4 rings (SSSR count). The van der Waals surface area contributed by atoms with Gasteiger partial charge in [-0.15, -0.1) is 0 Å². The Bertz CT molecular complexity index is 855. The molecule has 2 atom stereocenters. The van der Waals surface area contributed by atoms with E-state index in [0.29, 0.717) is 6.54 Å². The van der Waals surface area contributed by atoms with Crippen molar-refractivity contribution in [3.8, 4) is 6.07 Å². The zero-order valence-electron chi connectivity index (χ0n) is 16.5. The minimum atomic E-state index is 0.272. The Kier molecular flexibility index (Phi) is 5.75. The second kappa shape index (κ2) is 8.59. The molecule has 0 saturated carbocycles. The Morgan fingerprint density at radius 2 is 2.07 bits per heavy atom. The number of rotatable bonds is 6. The van der Waals surface area contributed by atoms with E-state index in [2.05, 4.69) is 40.9 Å². The second-order valence-corrected chi connectivity index (χ2v) is 7.81. The first-order valence-electron chi connectivity index (χ1n) is 10.2. The zero-order valence-corrected chi connectivity index (χ0v) is 16.5. The van der Waals surface area contributed by atoms with Gasteiger partial charge in [0.05, 0.1) is 38.3 Å². The summed E-state index contributed by atoms with van der Waals surface area (Å²) in [5, 5.41) is 16.9. The number of aromatic nitrogens is 1. The second-order valence-electron chi connectivity index (χ2n) is 7.81. The van der Waals surface area contributed by atoms with Crippen LogP contribution in [0.1, 0.15) is 35.1 Å². The third-order valence-electron chi connectivity index (χ3n) is 5.70. The van der Waals surface area contributed by atoms with Crippen LogP contribution in [0.3, 0.4) is 0 Å². The first-order valence-corrected chi connectivity index (χ1v) is 10.2. The van der Waals surface area contributed by atoms with Crippen LogP contribution in [0.4, 0.5) is 11.6 Å². The summed E-state index contributed by atoms with van der Waals surface area (Å²) in [6, 6.07) is 12.7. The van der Waals surface area contributed by atoms with E-state index in [0.717, 1.165) is 62.7 Å². The van der Waals surface area contributed by atoms with Gasteiger partial charge in [0.1, 0.15) is 18.2 Å². The van der Waals surface area contributed by atoms with Gasteiger partial charge in [0, 0.05) is 13.0 Å². The maximum Gasteiger partial charge on any atom is 0.237 e. The van der Waals surface area contributed by atoms with E-state index < -0.39 is 0 Å². The Morgan fingerprint density at radius 1 is 1.21 bits per heavy atom. The van der Waals surface area contributed by atoms with Gasteiger partial charge < -0.3 is 20.3 Å². The molecule has 2 aliphatic heterocycles. The lowest BCUT2D eigenvalue weighted by Crippen LogP contribution is -3.08. The molecule has 0 amide bonds. The number of nitrogens with zero attached hydrogens (tertiary/aromatic N) is 1. The van der Waals surface area contributed by atoms with Crippen molar-refractivity contribution in [1.82, 2.24) is 0 Å². The number of nitrogens with one attached hydrogen (secondary N) is 4. The van der Waals surface area contributed by atoms with Crippen molar-refractivity contribution in [2.75, 3.05) is 37.4 Å². The fourth-order valence-electron chi connectivity index (χ4n) is 4.13. The molecule has 1 saturated heterocycles. The molecule has 0 aliphatic carbocycles. The molecule has 28 heavy (non-hydrogen) atoms. The van der Waals surface area contributed by atoms with Crippen LogP contribution in [0.15, 0.2) is 30.3 Å². The minimum absolute atomic E-state index is 0.272. The van der Waals surface area contributed by atoms with Gasteiger partial charge in [0.2, 0.25) is 11.6 Å². The van der Waals surface area contributed by atoms with Gasteiger partial charge in [0.15, 0.2) is 0 Å². The molecular formula is C22H29N5O+2. The smallest absolute Gasteiger partial charge is 0.237 e. The van der Waals surface area contributed by atoms with Gasteiger partial charge in [-0.2, -0.15) is 5.26 Å². The normalized spacial score (nSPS) is 21.0. The summed E-state index contributed by atoms with van der Waals surface area (Å²) >= 11 is 0. The highest BCUT2D eigenvalue weighted by atomic mass is 16.5. The summed E-state index contributed by atoms with van der Waals surface area (Å²) in [7, 11) is 2.21. The van der Waals surface area contributed by atoms with Crippen molar-refractivity contribution in [2.45, 2.75) is 38.5 Å². The topological polar surface area (TPSA) is 75.7 Å². The van der Waals surface area contributed by atoms with E-state index in [-0.39, 0.29) is 6.10 Å². The van der Waals surface area contributed by atoms with E-state index in [4.69, 9.17) is 4.74 Å². The lowest BCUT2D eigenvalue weighted by molar-refractivity contribution is -0.895. The number of quaternary nitrogens is 1. The molecule has 2 aromatic rings. The lowest BCUT2D eigenvalue weighted by atomic mass is 9.95. The number of anilines is 2. The number of nitriles is 1. The first-order chi connectivity index (χ1) is 13.7. The number of likely N-dealkylation sites (N-methyl/N-ethyl adjacent to an activating group) is 1. The van der Waals surface area contributed by atoms with Gasteiger partial charge in [-0.3, -0.25) is 0 Å². The van der Waals surface area contributed by atoms with E-state index in [1.165, 1.54) is 21.6 Å². The van der Waals surface area contributed by atoms with Crippen LogP contribution in [0, 0.1) is 11.3 Å². The molecule has 1 aromatic heterocycles. The number of fused-ring (bicyclic) bond motifs is 1. The molecule has 1 aromatic carbocycles. The molecule has 146 valence electrons. The van der Waals surface area contributed by atoms with Crippen LogP contribution in [-0.4, -0.2) is 32.8 Å². The number of hydrogen-bond acceptors (Lipinski definition) is 4. The van der Waals surface area contributed by atoms with E-state index in [1.807, 2.05) is 18.2 Å². The summed E-state index contributed by atoms with van der Waals surface area (Å²) < 4.78 is 5.77. The van der Waals surface area contributed by atoms with Crippen molar-refractivity contribution in [1.29, 1.82) is 5.26 Å². The maximum atomic E-state index is 9.87. The summed E-state index contributed by atoms with van der Waals surface area (Å²) in [6.07, 6.45) is 3.44. The number of hydrogen-bond donors (Lipinski definition) is 3. The Labute approximate surface area is 166 Å². The van der Waals surface area contributed by atoms with E-state index >= 15 is 0 Å². The number of aromatic amines is 1. The molecule has 0 spiro atoms. The average molecular weight is 380 g/mol. The van der Waals surface area contributed by atoms with Crippen molar-refractivity contribution >= 4 is 11.6 Å². The molecule has 6 nitrogen and oxygen atoms in total. The van der Waals surface area contributed by atoms with Gasteiger partial charge in [0.25, 0.3) is 0 Å². The predicted octanol–water partition coefficient (Wildman–Crippen LogP) is 1.15. The highest BCUT2D eigenvalue weighted by Gasteiger charge is 2.29. The molecule has 3 heterocycles. The van der Waals surface area contributed by atoms with Crippen LogP contribution in [-0.2, 0) is 24.2 Å². The van der Waals surface area contributed by atoms with Gasteiger partial charge in [-0.1, -0.05) is 30.3 Å². The molecule has 0 bridgehead atoms. The molecular weight excluding hydrogens is 350 g/mol. The highest BCUT2D eigenvalue weighted by Crippen LogP contribution is 2.26. The quantitative estimate of drug-likeness (QED) is 0.704. The molecule has 6 heteroatoms. The SMILES string of the molecule is C[NH+]1CCc2c(C#N)c(NCc3ccccc3)[nH+]c(NC[C@@H]3CCCO3)c2C1. The zero-order chi connectivity index (χ0) is 19.3. The highest BCUT2D eigenvalue weighted by molar-refractivity contribution is 5.60. The standard InChI is InChI=1S/C22H27N5O/c1-27-10-9-18-19(12-23)21(24-13-16-6-3-2-4-7-16)26-22(20(18)15-27)25-14-17-8-5-11-28-17/h2-4,6-7,17H,5,8-11,13-15H2,1H3,(H2,24,25,26)/p+2/t17-/m0/s1. The van der Waals surface area contributed by atoms with Crippen LogP contribution in [0.5, 0.6) is 0 Å². The van der Waals surface area contributed by atoms with Crippen molar-refractivity contribution in [2.24, 2.45) is 0 Å². The first kappa shape index (κ1) is 18.7. The van der Waals surface area contributed by atoms with Gasteiger partial charge in [-0.05, 0) is 24.0 Å². The monoisotopic (exact) mass is 379 g/mol. The fourth-order valence-corrected chi connectivity index (χ4v) is 4.13. The number of benzene rings is 1. The summed E-state index contributed by atoms with van der Waals surface area (Å²) in [6.45, 7) is 4.31. The number of H-pyrrole nitrogens is 1. The Hall–Kier alpha value is -2.62. The van der Waals surface area contributed by atoms with Crippen molar-refractivity contribution in [3.63, 3.8) is 0 Å². The van der Waals surface area contributed by atoms with Crippen LogP contribution in [0.2, 0.25) is 0 Å². The summed E-state index contributed by atoms with van der Waals surface area (Å²) in [5.74, 6) is 1.83. The van der Waals surface area contributed by atoms with Gasteiger partial charge >= 0.3 is 0 Å². The lowest BCUT2D eigenvalue weighted by Gasteiger charge is -2.25. The summed E-state index contributed by atoms with van der Waals surface area (Å²) in [4.78, 5) is 4.96. The van der Waals surface area contributed by atoms with Crippen LogP contribution in [0.25, 0.3) is 0 Å². The third kappa shape index (κ3) is 4.11. The maximum absolute atomic E-state index is 9.87. The number of ether oxygens (including phenoxy) is 1. The minimum Gasteiger partial charge on any atom is -0.375 e. The van der Waals surface area contributed by atoms with E-state index in [1.54, 1.807) is 0 Å². The molecule has 0 radical (unpaired) electrons. The largest absolute Gasteiger partial charge is 0.375 e. The molecule has 1 unspecified atom stereocenters. The summed E-state index contributed by atoms with van der Waals surface area (Å²) in [5.41, 5.74) is 4.36. The van der Waals surface area contributed by atoms with Crippen molar-refractivity contribution in [3.05, 3.63) is 52.6 Å². The fraction of sp³-hybridized carbons (Fsp3) is 0.455. The molecule has 1 fully saturated rings. The Balaban J connectivity index is 1.62. The average Bonchev–Trinajstić information content (AvgIpc) is 3.25. The number of pyridine rings is 1. The Morgan fingerprint density at radius 3 is 2.82 bits per heavy atom. The van der Waals surface area contributed by atoms with Crippen LogP contribution < -0.4 is 20.5 Å². The van der Waals surface area contributed by atoms with Crippen LogP contribution >= 0.6 is 0 Å². The van der Waals surface area contributed by atoms with E-state index in [9.17, 15) is 5.26 Å².